The van der Waals surface area contributed by atoms with E-state index in [1.807, 2.05) is 11.8 Å². The van der Waals surface area contributed by atoms with E-state index in [0.717, 1.165) is 43.4 Å². The first-order chi connectivity index (χ1) is 11.9. The van der Waals surface area contributed by atoms with Crippen molar-refractivity contribution in [2.24, 2.45) is 0 Å². The van der Waals surface area contributed by atoms with Crippen LogP contribution in [0.3, 0.4) is 0 Å². The first-order valence-electron chi connectivity index (χ1n) is 9.52. The van der Waals surface area contributed by atoms with Crippen LogP contribution in [-0.2, 0) is 14.3 Å². The monoisotopic (exact) mass is 343 g/mol. The highest BCUT2D eigenvalue weighted by molar-refractivity contribution is 6.38. The highest BCUT2D eigenvalue weighted by Gasteiger charge is 2.49. The number of carbonyl (C=O) groups is 2. The molecule has 1 saturated carbocycles. The molecule has 1 aliphatic heterocycles. The Kier molecular flexibility index (Phi) is 4.90. The summed E-state index contributed by atoms with van der Waals surface area (Å²) in [5.41, 5.74) is 4.19. The molecule has 1 aliphatic carbocycles. The zero-order valence-electron chi connectivity index (χ0n) is 15.9. The molecule has 0 N–H and O–H groups in total. The van der Waals surface area contributed by atoms with E-state index in [1.54, 1.807) is 6.92 Å². The van der Waals surface area contributed by atoms with Crippen molar-refractivity contribution in [1.29, 1.82) is 0 Å². The van der Waals surface area contributed by atoms with Crippen LogP contribution in [0.25, 0.3) is 0 Å². The quantitative estimate of drug-likeness (QED) is 0.560. The number of benzene rings is 1. The Morgan fingerprint density at radius 3 is 2.44 bits per heavy atom. The van der Waals surface area contributed by atoms with Crippen molar-refractivity contribution >= 4 is 17.6 Å². The number of ether oxygens (including phenoxy) is 1. The van der Waals surface area contributed by atoms with Gasteiger partial charge in [-0.2, -0.15) is 0 Å². The standard InChI is InChI=1S/C21H29NO3/c1-5-25-20(24)19(23)22-18-15(3)10-9-14(2)17(18)16(4)13-21(22)11-7-6-8-12-21/h9-10,16H,5-8,11-13H2,1-4H3. The molecule has 1 amide bonds. The Morgan fingerprint density at radius 1 is 1.16 bits per heavy atom. The summed E-state index contributed by atoms with van der Waals surface area (Å²) in [6, 6.07) is 4.19. The van der Waals surface area contributed by atoms with Crippen LogP contribution < -0.4 is 4.90 Å². The average Bonchev–Trinajstić information content (AvgIpc) is 2.58. The molecule has 0 radical (unpaired) electrons. The van der Waals surface area contributed by atoms with Crippen molar-refractivity contribution in [3.8, 4) is 0 Å². The Bertz CT molecular complexity index is 689. The van der Waals surface area contributed by atoms with Crippen molar-refractivity contribution in [3.63, 3.8) is 0 Å². The Morgan fingerprint density at radius 2 is 1.80 bits per heavy atom. The Labute approximate surface area is 150 Å². The largest absolute Gasteiger partial charge is 0.459 e. The molecule has 1 fully saturated rings. The van der Waals surface area contributed by atoms with Gasteiger partial charge < -0.3 is 4.74 Å². The number of anilines is 1. The van der Waals surface area contributed by atoms with Gasteiger partial charge in [0.1, 0.15) is 0 Å². The molecule has 136 valence electrons. The fourth-order valence-corrected chi connectivity index (χ4v) is 4.98. The maximum absolute atomic E-state index is 13.1. The molecule has 1 aromatic rings. The molecule has 1 heterocycles. The minimum atomic E-state index is -0.728. The van der Waals surface area contributed by atoms with Gasteiger partial charge in [-0.25, -0.2) is 4.79 Å². The third kappa shape index (κ3) is 2.96. The van der Waals surface area contributed by atoms with Gasteiger partial charge in [0.05, 0.1) is 12.3 Å². The molecule has 0 aromatic heterocycles. The van der Waals surface area contributed by atoms with Crippen LogP contribution in [-0.4, -0.2) is 24.0 Å². The van der Waals surface area contributed by atoms with Gasteiger partial charge in [-0.1, -0.05) is 38.3 Å². The minimum absolute atomic E-state index is 0.224. The van der Waals surface area contributed by atoms with Crippen molar-refractivity contribution in [2.75, 3.05) is 11.5 Å². The first kappa shape index (κ1) is 18.0. The molecule has 0 bridgehead atoms. The van der Waals surface area contributed by atoms with E-state index in [4.69, 9.17) is 4.74 Å². The van der Waals surface area contributed by atoms with Crippen molar-refractivity contribution in [1.82, 2.24) is 0 Å². The highest BCUT2D eigenvalue weighted by atomic mass is 16.5. The van der Waals surface area contributed by atoms with Crippen LogP contribution in [0.1, 0.15) is 75.0 Å². The van der Waals surface area contributed by atoms with Gasteiger partial charge in [-0.15, -0.1) is 0 Å². The maximum atomic E-state index is 13.1. The summed E-state index contributed by atoms with van der Waals surface area (Å²) < 4.78 is 5.07. The fraction of sp³-hybridized carbons (Fsp3) is 0.619. The molecule has 2 aliphatic rings. The average molecular weight is 343 g/mol. The highest BCUT2D eigenvalue weighted by Crippen LogP contribution is 2.51. The van der Waals surface area contributed by atoms with Crippen LogP contribution in [0.4, 0.5) is 5.69 Å². The summed E-state index contributed by atoms with van der Waals surface area (Å²) in [4.78, 5) is 27.3. The van der Waals surface area contributed by atoms with Crippen LogP contribution in [0, 0.1) is 13.8 Å². The summed E-state index contributed by atoms with van der Waals surface area (Å²) in [6.07, 6.45) is 6.29. The summed E-state index contributed by atoms with van der Waals surface area (Å²) in [6.45, 7) is 8.36. The predicted molar refractivity (Wildman–Crippen MR) is 98.9 cm³/mol. The second-order valence-electron chi connectivity index (χ2n) is 7.71. The molecular formula is C21H29NO3. The van der Waals surface area contributed by atoms with E-state index in [-0.39, 0.29) is 12.1 Å². The molecule has 0 saturated heterocycles. The van der Waals surface area contributed by atoms with Crippen LogP contribution in [0.2, 0.25) is 0 Å². The number of hydrogen-bond donors (Lipinski definition) is 0. The van der Waals surface area contributed by atoms with Gasteiger partial charge >= 0.3 is 11.9 Å². The normalized spacial score (nSPS) is 21.8. The first-order valence-corrected chi connectivity index (χ1v) is 9.52. The minimum Gasteiger partial charge on any atom is -0.459 e. The molecule has 3 rings (SSSR count). The van der Waals surface area contributed by atoms with Crippen LogP contribution >= 0.6 is 0 Å². The number of hydrogen-bond acceptors (Lipinski definition) is 3. The zero-order valence-corrected chi connectivity index (χ0v) is 15.9. The number of fused-ring (bicyclic) bond motifs is 1. The van der Waals surface area contributed by atoms with Crippen LogP contribution in [0.15, 0.2) is 12.1 Å². The number of amides is 1. The number of rotatable bonds is 1. The Balaban J connectivity index is 2.17. The number of esters is 1. The van der Waals surface area contributed by atoms with Gasteiger partial charge in [0, 0.05) is 5.54 Å². The molecule has 1 spiro atoms. The van der Waals surface area contributed by atoms with Crippen LogP contribution in [0.5, 0.6) is 0 Å². The predicted octanol–water partition coefficient (Wildman–Crippen LogP) is 4.41. The third-order valence-electron chi connectivity index (χ3n) is 5.95. The molecular weight excluding hydrogens is 314 g/mol. The third-order valence-corrected chi connectivity index (χ3v) is 5.95. The SMILES string of the molecule is CCOC(=O)C(=O)N1c2c(C)ccc(C)c2C(C)CC12CCCCC2. The summed E-state index contributed by atoms with van der Waals surface area (Å²) in [5, 5.41) is 0. The van der Waals surface area contributed by atoms with Gasteiger partial charge in [-0.05, 0) is 62.6 Å². The van der Waals surface area contributed by atoms with Crippen molar-refractivity contribution in [3.05, 3.63) is 28.8 Å². The molecule has 1 aromatic carbocycles. The second kappa shape index (κ2) is 6.81. The van der Waals surface area contributed by atoms with Gasteiger partial charge in [0.15, 0.2) is 0 Å². The summed E-state index contributed by atoms with van der Waals surface area (Å²) in [5.74, 6) is -0.835. The smallest absolute Gasteiger partial charge is 0.397 e. The maximum Gasteiger partial charge on any atom is 0.397 e. The van der Waals surface area contributed by atoms with E-state index in [0.29, 0.717) is 5.92 Å². The number of carbonyl (C=O) groups excluding carboxylic acids is 2. The lowest BCUT2D eigenvalue weighted by Gasteiger charge is -2.52. The van der Waals surface area contributed by atoms with E-state index in [9.17, 15) is 9.59 Å². The van der Waals surface area contributed by atoms with E-state index >= 15 is 0 Å². The van der Waals surface area contributed by atoms with Gasteiger partial charge in [-0.3, -0.25) is 9.69 Å². The molecule has 1 unspecified atom stereocenters. The molecule has 4 heteroatoms. The zero-order chi connectivity index (χ0) is 18.2. The summed E-state index contributed by atoms with van der Waals surface area (Å²) in [7, 11) is 0. The lowest BCUT2D eigenvalue weighted by atomic mass is 9.69. The molecule has 1 atom stereocenters. The van der Waals surface area contributed by atoms with Crippen molar-refractivity contribution < 1.29 is 14.3 Å². The van der Waals surface area contributed by atoms with E-state index < -0.39 is 11.9 Å². The topological polar surface area (TPSA) is 46.6 Å². The van der Waals surface area contributed by atoms with E-state index in [1.165, 1.54) is 17.5 Å². The Hall–Kier alpha value is -1.84. The van der Waals surface area contributed by atoms with Gasteiger partial charge in [0.25, 0.3) is 0 Å². The lowest BCUT2D eigenvalue weighted by Crippen LogP contribution is -2.58. The molecule has 25 heavy (non-hydrogen) atoms. The van der Waals surface area contributed by atoms with Crippen molar-refractivity contribution in [2.45, 2.75) is 77.7 Å². The number of nitrogens with zero attached hydrogens (tertiary/aromatic N) is 1. The van der Waals surface area contributed by atoms with E-state index in [2.05, 4.69) is 26.0 Å². The molecule has 4 nitrogen and oxygen atoms in total. The number of aryl methyl sites for hydroxylation is 2. The second-order valence-corrected chi connectivity index (χ2v) is 7.71. The summed E-state index contributed by atoms with van der Waals surface area (Å²) >= 11 is 0. The lowest BCUT2D eigenvalue weighted by molar-refractivity contribution is -0.154. The fourth-order valence-electron chi connectivity index (χ4n) is 4.98. The van der Waals surface area contributed by atoms with Gasteiger partial charge in [0.2, 0.25) is 0 Å².